The van der Waals surface area contributed by atoms with Crippen molar-refractivity contribution < 1.29 is 0 Å². The van der Waals surface area contributed by atoms with Crippen molar-refractivity contribution in [2.75, 3.05) is 0 Å². The number of rotatable bonds is 2. The fraction of sp³-hybridized carbons (Fsp3) is 0.143. The highest BCUT2D eigenvalue weighted by Gasteiger charge is 2.06. The van der Waals surface area contributed by atoms with Crippen LogP contribution in [0.25, 0.3) is 10.9 Å². The number of benzene rings is 1. The van der Waals surface area contributed by atoms with Gasteiger partial charge in [0.25, 0.3) is 0 Å². The fourth-order valence-electron chi connectivity index (χ4n) is 1.97. The molecule has 3 rings (SSSR count). The molecule has 0 N–H and O–H groups in total. The van der Waals surface area contributed by atoms with Crippen LogP contribution in [-0.4, -0.2) is 14.8 Å². The number of pyridine rings is 1. The van der Waals surface area contributed by atoms with Gasteiger partial charge in [-0.05, 0) is 25.1 Å². The van der Waals surface area contributed by atoms with Crippen LogP contribution in [0.5, 0.6) is 0 Å². The van der Waals surface area contributed by atoms with Crippen molar-refractivity contribution in [3.63, 3.8) is 0 Å². The first kappa shape index (κ1) is 11.2. The first-order valence-corrected chi connectivity index (χ1v) is 6.14. The van der Waals surface area contributed by atoms with Gasteiger partial charge >= 0.3 is 0 Å². The van der Waals surface area contributed by atoms with Crippen LogP contribution in [0.2, 0.25) is 5.15 Å². The summed E-state index contributed by atoms with van der Waals surface area (Å²) in [6.07, 6.45) is 1.95. The predicted octanol–water partition coefficient (Wildman–Crippen LogP) is 3.44. The summed E-state index contributed by atoms with van der Waals surface area (Å²) in [6.45, 7) is 2.61. The number of hydrogen-bond donors (Lipinski definition) is 0. The minimum atomic E-state index is 0.543. The Bertz CT molecular complexity index is 703. The lowest BCUT2D eigenvalue weighted by Crippen LogP contribution is -2.02. The molecule has 0 aliphatic carbocycles. The second-order valence-corrected chi connectivity index (χ2v) is 4.64. The summed E-state index contributed by atoms with van der Waals surface area (Å²) in [5.41, 5.74) is 2.90. The van der Waals surface area contributed by atoms with E-state index in [1.807, 2.05) is 48.1 Å². The predicted molar refractivity (Wildman–Crippen MR) is 72.8 cm³/mol. The van der Waals surface area contributed by atoms with Crippen molar-refractivity contribution in [1.29, 1.82) is 0 Å². The molecule has 3 aromatic rings. The van der Waals surface area contributed by atoms with E-state index in [0.717, 1.165) is 22.2 Å². The zero-order chi connectivity index (χ0) is 12.5. The summed E-state index contributed by atoms with van der Waals surface area (Å²) in [6, 6.07) is 12.0. The normalized spacial score (nSPS) is 11.0. The molecule has 18 heavy (non-hydrogen) atoms. The SMILES string of the molecule is Cc1ccn(Cc2cc3ccccc3nc2Cl)n1. The molecule has 90 valence electrons. The van der Waals surface area contributed by atoms with Crippen LogP contribution < -0.4 is 0 Å². The summed E-state index contributed by atoms with van der Waals surface area (Å²) in [5, 5.41) is 6.00. The van der Waals surface area contributed by atoms with E-state index in [9.17, 15) is 0 Å². The molecule has 0 aliphatic heterocycles. The van der Waals surface area contributed by atoms with Gasteiger partial charge in [0.2, 0.25) is 0 Å². The van der Waals surface area contributed by atoms with Crippen molar-refractivity contribution in [1.82, 2.24) is 14.8 Å². The van der Waals surface area contributed by atoms with E-state index in [2.05, 4.69) is 16.1 Å². The standard InChI is InChI=1S/C14H12ClN3/c1-10-6-7-18(17-10)9-12-8-11-4-2-3-5-13(11)16-14(12)15/h2-8H,9H2,1H3. The first-order valence-electron chi connectivity index (χ1n) is 5.76. The van der Waals surface area contributed by atoms with E-state index < -0.39 is 0 Å². The summed E-state index contributed by atoms with van der Waals surface area (Å²) in [4.78, 5) is 4.40. The molecule has 0 aliphatic rings. The molecule has 3 nitrogen and oxygen atoms in total. The Morgan fingerprint density at radius 2 is 2.06 bits per heavy atom. The van der Waals surface area contributed by atoms with Gasteiger partial charge < -0.3 is 0 Å². The van der Waals surface area contributed by atoms with Crippen LogP contribution in [0.1, 0.15) is 11.3 Å². The van der Waals surface area contributed by atoms with Crippen molar-refractivity contribution in [3.8, 4) is 0 Å². The van der Waals surface area contributed by atoms with Gasteiger partial charge in [0.05, 0.1) is 17.8 Å². The van der Waals surface area contributed by atoms with Crippen LogP contribution in [0.15, 0.2) is 42.6 Å². The van der Waals surface area contributed by atoms with Gasteiger partial charge in [-0.1, -0.05) is 29.8 Å². The second kappa shape index (κ2) is 4.42. The Labute approximate surface area is 110 Å². The van der Waals surface area contributed by atoms with Gasteiger partial charge in [-0.15, -0.1) is 0 Å². The molecular weight excluding hydrogens is 246 g/mol. The van der Waals surface area contributed by atoms with Gasteiger partial charge in [0.15, 0.2) is 0 Å². The van der Waals surface area contributed by atoms with Crippen molar-refractivity contribution in [2.24, 2.45) is 0 Å². The number of aromatic nitrogens is 3. The molecule has 0 saturated heterocycles. The Hall–Kier alpha value is -1.87. The quantitative estimate of drug-likeness (QED) is 0.659. The smallest absolute Gasteiger partial charge is 0.134 e. The third-order valence-electron chi connectivity index (χ3n) is 2.86. The van der Waals surface area contributed by atoms with E-state index in [1.165, 1.54) is 0 Å². The summed E-state index contributed by atoms with van der Waals surface area (Å²) < 4.78 is 1.87. The number of fused-ring (bicyclic) bond motifs is 1. The molecule has 0 amide bonds. The van der Waals surface area contributed by atoms with Gasteiger partial charge in [0.1, 0.15) is 5.15 Å². The van der Waals surface area contributed by atoms with Gasteiger partial charge in [-0.25, -0.2) is 4.98 Å². The van der Waals surface area contributed by atoms with Crippen LogP contribution in [0.3, 0.4) is 0 Å². The maximum absolute atomic E-state index is 6.21. The van der Waals surface area contributed by atoms with Crippen LogP contribution >= 0.6 is 11.6 Å². The fourth-order valence-corrected chi connectivity index (χ4v) is 2.18. The number of hydrogen-bond acceptors (Lipinski definition) is 2. The molecule has 0 saturated carbocycles. The van der Waals surface area contributed by atoms with Crippen LogP contribution in [0.4, 0.5) is 0 Å². The van der Waals surface area contributed by atoms with Gasteiger partial charge in [0, 0.05) is 17.1 Å². The number of para-hydroxylation sites is 1. The maximum atomic E-state index is 6.21. The summed E-state index contributed by atoms with van der Waals surface area (Å²) in [5.74, 6) is 0. The summed E-state index contributed by atoms with van der Waals surface area (Å²) >= 11 is 6.21. The van der Waals surface area contributed by atoms with E-state index in [1.54, 1.807) is 0 Å². The van der Waals surface area contributed by atoms with Gasteiger partial charge in [-0.3, -0.25) is 4.68 Å². The van der Waals surface area contributed by atoms with E-state index in [-0.39, 0.29) is 0 Å². The van der Waals surface area contributed by atoms with E-state index >= 15 is 0 Å². The van der Waals surface area contributed by atoms with Crippen LogP contribution in [0, 0.1) is 6.92 Å². The maximum Gasteiger partial charge on any atom is 0.134 e. The lowest BCUT2D eigenvalue weighted by molar-refractivity contribution is 0.678. The molecule has 1 aromatic carbocycles. The number of nitrogens with zero attached hydrogens (tertiary/aromatic N) is 3. The molecule has 0 spiro atoms. The van der Waals surface area contributed by atoms with Crippen molar-refractivity contribution in [3.05, 3.63) is 59.0 Å². The Morgan fingerprint density at radius 1 is 1.22 bits per heavy atom. The molecule has 2 aromatic heterocycles. The topological polar surface area (TPSA) is 30.7 Å². The van der Waals surface area contributed by atoms with E-state index in [4.69, 9.17) is 11.6 Å². The lowest BCUT2D eigenvalue weighted by atomic mass is 10.1. The molecule has 0 bridgehead atoms. The van der Waals surface area contributed by atoms with E-state index in [0.29, 0.717) is 11.7 Å². The monoisotopic (exact) mass is 257 g/mol. The molecule has 4 heteroatoms. The molecule has 2 heterocycles. The molecule has 0 atom stereocenters. The molecule has 0 unspecified atom stereocenters. The first-order chi connectivity index (χ1) is 8.72. The highest BCUT2D eigenvalue weighted by atomic mass is 35.5. The molecule has 0 radical (unpaired) electrons. The highest BCUT2D eigenvalue weighted by Crippen LogP contribution is 2.21. The third-order valence-corrected chi connectivity index (χ3v) is 3.18. The highest BCUT2D eigenvalue weighted by molar-refractivity contribution is 6.30. The molecular formula is C14H12ClN3. The number of halogens is 1. The Kier molecular flexibility index (Phi) is 2.76. The van der Waals surface area contributed by atoms with Crippen molar-refractivity contribution >= 4 is 22.5 Å². The second-order valence-electron chi connectivity index (χ2n) is 4.29. The van der Waals surface area contributed by atoms with Crippen molar-refractivity contribution in [2.45, 2.75) is 13.5 Å². The largest absolute Gasteiger partial charge is 0.268 e. The molecule has 0 fully saturated rings. The average Bonchev–Trinajstić information content (AvgIpc) is 2.76. The zero-order valence-electron chi connectivity index (χ0n) is 9.97. The third kappa shape index (κ3) is 2.09. The lowest BCUT2D eigenvalue weighted by Gasteiger charge is -2.06. The Morgan fingerprint density at radius 3 is 2.83 bits per heavy atom. The van der Waals surface area contributed by atoms with Gasteiger partial charge in [-0.2, -0.15) is 5.10 Å². The average molecular weight is 258 g/mol. The Balaban J connectivity index is 2.03. The minimum Gasteiger partial charge on any atom is -0.268 e. The minimum absolute atomic E-state index is 0.543. The number of aryl methyl sites for hydroxylation is 1. The van der Waals surface area contributed by atoms with Crippen LogP contribution in [-0.2, 0) is 6.54 Å². The zero-order valence-corrected chi connectivity index (χ0v) is 10.7. The summed E-state index contributed by atoms with van der Waals surface area (Å²) in [7, 11) is 0.